The number of hydrogen-bond acceptors (Lipinski definition) is 3. The number of hydrogen-bond donors (Lipinski definition) is 2. The molecule has 0 saturated heterocycles. The normalized spacial score (nSPS) is 12.0. The molecule has 0 spiro atoms. The van der Waals surface area contributed by atoms with Crippen LogP contribution in [0.25, 0.3) is 10.9 Å². The van der Waals surface area contributed by atoms with Gasteiger partial charge in [0.25, 0.3) is 5.91 Å². The summed E-state index contributed by atoms with van der Waals surface area (Å²) in [6.45, 7) is 0. The Hall–Kier alpha value is -3.47. The van der Waals surface area contributed by atoms with E-state index in [2.05, 4.69) is 20.5 Å². The number of amides is 1. The molecule has 4 aromatic rings. The van der Waals surface area contributed by atoms with Gasteiger partial charge in [0.2, 0.25) is 0 Å². The highest BCUT2D eigenvalue weighted by Crippen LogP contribution is 2.23. The maximum absolute atomic E-state index is 12.9. The molecule has 0 fully saturated rings. The largest absolute Gasteiger partial charge is 0.341 e. The maximum Gasteiger partial charge on any atom is 0.252 e. The molecule has 5 heteroatoms. The minimum Gasteiger partial charge on any atom is -0.341 e. The number of H-pyrrole nitrogens is 1. The predicted octanol–water partition coefficient (Wildman–Crippen LogP) is 3.48. The van der Waals surface area contributed by atoms with Crippen molar-refractivity contribution in [1.82, 2.24) is 20.5 Å². The van der Waals surface area contributed by atoms with Crippen molar-refractivity contribution in [3.8, 4) is 0 Å². The summed E-state index contributed by atoms with van der Waals surface area (Å²) >= 11 is 0. The summed E-state index contributed by atoms with van der Waals surface area (Å²) in [5, 5.41) is 10.9. The van der Waals surface area contributed by atoms with Gasteiger partial charge >= 0.3 is 0 Å². The third-order valence-electron chi connectivity index (χ3n) is 4.18. The molecule has 0 bridgehead atoms. The van der Waals surface area contributed by atoms with Crippen molar-refractivity contribution in [2.45, 2.75) is 6.04 Å². The van der Waals surface area contributed by atoms with Crippen LogP contribution in [-0.2, 0) is 0 Å². The standard InChI is InChI=1S/C20H16N4O/c25-20(16-7-4-8-18-17(16)13-22-24-18)23-19(14-5-2-1-3-6-14)15-9-11-21-12-10-15/h1-13,19H,(H,22,24)(H,23,25). The minimum atomic E-state index is -0.251. The molecule has 4 rings (SSSR count). The van der Waals surface area contributed by atoms with Gasteiger partial charge in [-0.2, -0.15) is 5.10 Å². The van der Waals surface area contributed by atoms with Crippen molar-refractivity contribution in [3.05, 3.63) is 95.9 Å². The van der Waals surface area contributed by atoms with E-state index in [4.69, 9.17) is 0 Å². The summed E-state index contributed by atoms with van der Waals surface area (Å²) in [6.07, 6.45) is 5.14. The fourth-order valence-electron chi connectivity index (χ4n) is 2.94. The van der Waals surface area contributed by atoms with Gasteiger partial charge in [0, 0.05) is 17.8 Å². The van der Waals surface area contributed by atoms with E-state index in [1.165, 1.54) is 0 Å². The number of carbonyl (C=O) groups excluding carboxylic acids is 1. The van der Waals surface area contributed by atoms with Crippen LogP contribution in [0.15, 0.2) is 79.3 Å². The van der Waals surface area contributed by atoms with E-state index >= 15 is 0 Å². The topological polar surface area (TPSA) is 70.7 Å². The van der Waals surface area contributed by atoms with E-state index in [0.29, 0.717) is 5.56 Å². The first-order chi connectivity index (χ1) is 12.3. The zero-order valence-electron chi connectivity index (χ0n) is 13.4. The average Bonchev–Trinajstić information content (AvgIpc) is 3.16. The smallest absolute Gasteiger partial charge is 0.252 e. The van der Waals surface area contributed by atoms with E-state index < -0.39 is 0 Å². The summed E-state index contributed by atoms with van der Waals surface area (Å²) < 4.78 is 0. The zero-order valence-corrected chi connectivity index (χ0v) is 13.4. The molecular formula is C20H16N4O. The van der Waals surface area contributed by atoms with Crippen LogP contribution in [0.4, 0.5) is 0 Å². The van der Waals surface area contributed by atoms with Crippen LogP contribution in [0.5, 0.6) is 0 Å². The Labute approximate surface area is 144 Å². The molecule has 122 valence electrons. The molecule has 0 saturated carbocycles. The Morgan fingerprint density at radius 1 is 0.920 bits per heavy atom. The van der Waals surface area contributed by atoms with Crippen LogP contribution in [0, 0.1) is 0 Å². The van der Waals surface area contributed by atoms with Crippen molar-refractivity contribution in [2.24, 2.45) is 0 Å². The van der Waals surface area contributed by atoms with E-state index in [9.17, 15) is 4.79 Å². The van der Waals surface area contributed by atoms with Gasteiger partial charge in [-0.25, -0.2) is 0 Å². The van der Waals surface area contributed by atoms with Gasteiger partial charge in [0.05, 0.1) is 23.3 Å². The predicted molar refractivity (Wildman–Crippen MR) is 96.1 cm³/mol. The van der Waals surface area contributed by atoms with Crippen LogP contribution < -0.4 is 5.32 Å². The highest BCUT2D eigenvalue weighted by molar-refractivity contribution is 6.06. The van der Waals surface area contributed by atoms with Gasteiger partial charge in [-0.1, -0.05) is 36.4 Å². The van der Waals surface area contributed by atoms with Crippen molar-refractivity contribution in [3.63, 3.8) is 0 Å². The summed E-state index contributed by atoms with van der Waals surface area (Å²) in [5.74, 6) is -0.141. The third-order valence-corrected chi connectivity index (χ3v) is 4.18. The lowest BCUT2D eigenvalue weighted by molar-refractivity contribution is 0.0944. The maximum atomic E-state index is 12.9. The number of aromatic nitrogens is 3. The SMILES string of the molecule is O=C(NC(c1ccccc1)c1ccncc1)c1cccc2[nH]ncc12. The van der Waals surface area contributed by atoms with Crippen molar-refractivity contribution >= 4 is 16.8 Å². The Morgan fingerprint density at radius 2 is 1.68 bits per heavy atom. The minimum absolute atomic E-state index is 0.141. The monoisotopic (exact) mass is 328 g/mol. The number of nitrogens with zero attached hydrogens (tertiary/aromatic N) is 2. The van der Waals surface area contributed by atoms with Gasteiger partial charge in [-0.3, -0.25) is 14.9 Å². The molecule has 0 aliphatic rings. The van der Waals surface area contributed by atoms with Crippen molar-refractivity contribution in [2.75, 3.05) is 0 Å². The molecule has 0 aliphatic carbocycles. The molecule has 25 heavy (non-hydrogen) atoms. The average molecular weight is 328 g/mol. The number of fused-ring (bicyclic) bond motifs is 1. The molecule has 1 atom stereocenters. The molecule has 0 radical (unpaired) electrons. The van der Waals surface area contributed by atoms with Gasteiger partial charge in [0.15, 0.2) is 0 Å². The lowest BCUT2D eigenvalue weighted by atomic mass is 9.99. The molecule has 2 aromatic heterocycles. The highest BCUT2D eigenvalue weighted by atomic mass is 16.1. The van der Waals surface area contributed by atoms with Gasteiger partial charge in [0.1, 0.15) is 0 Å². The number of pyridine rings is 1. The van der Waals surface area contributed by atoms with E-state index in [1.807, 2.05) is 60.7 Å². The fourth-order valence-corrected chi connectivity index (χ4v) is 2.94. The quantitative estimate of drug-likeness (QED) is 0.602. The van der Waals surface area contributed by atoms with Gasteiger partial charge < -0.3 is 5.32 Å². The first kappa shape index (κ1) is 15.1. The summed E-state index contributed by atoms with van der Waals surface area (Å²) in [4.78, 5) is 17.0. The van der Waals surface area contributed by atoms with Crippen LogP contribution >= 0.6 is 0 Å². The molecule has 0 aliphatic heterocycles. The van der Waals surface area contributed by atoms with Crippen LogP contribution in [0.2, 0.25) is 0 Å². The lowest BCUT2D eigenvalue weighted by Crippen LogP contribution is -2.29. The lowest BCUT2D eigenvalue weighted by Gasteiger charge is -2.20. The third kappa shape index (κ3) is 2.99. The Bertz CT molecular complexity index is 956. The first-order valence-electron chi connectivity index (χ1n) is 8.01. The Balaban J connectivity index is 1.72. The van der Waals surface area contributed by atoms with Gasteiger partial charge in [-0.15, -0.1) is 0 Å². The molecule has 2 heterocycles. The van der Waals surface area contributed by atoms with Crippen LogP contribution in [0.3, 0.4) is 0 Å². The van der Waals surface area contributed by atoms with Crippen molar-refractivity contribution in [1.29, 1.82) is 0 Å². The Kier molecular flexibility index (Phi) is 3.96. The van der Waals surface area contributed by atoms with Crippen LogP contribution in [0.1, 0.15) is 27.5 Å². The second-order valence-corrected chi connectivity index (χ2v) is 5.73. The highest BCUT2D eigenvalue weighted by Gasteiger charge is 2.19. The zero-order chi connectivity index (χ0) is 17.1. The first-order valence-corrected chi connectivity index (χ1v) is 8.01. The number of carbonyl (C=O) groups is 1. The molecule has 2 N–H and O–H groups in total. The summed E-state index contributed by atoms with van der Waals surface area (Å²) in [7, 11) is 0. The van der Waals surface area contributed by atoms with Crippen molar-refractivity contribution < 1.29 is 4.79 Å². The summed E-state index contributed by atoms with van der Waals surface area (Å²) in [6, 6.07) is 19.0. The van der Waals surface area contributed by atoms with Gasteiger partial charge in [-0.05, 0) is 35.4 Å². The second kappa shape index (κ2) is 6.57. The molecule has 5 nitrogen and oxygen atoms in total. The second-order valence-electron chi connectivity index (χ2n) is 5.73. The summed E-state index contributed by atoms with van der Waals surface area (Å²) in [5.41, 5.74) is 3.43. The molecule has 2 aromatic carbocycles. The van der Waals surface area contributed by atoms with E-state index in [0.717, 1.165) is 22.0 Å². The number of nitrogens with one attached hydrogen (secondary N) is 2. The molecule has 1 amide bonds. The van der Waals surface area contributed by atoms with E-state index in [1.54, 1.807) is 18.6 Å². The number of aromatic amines is 1. The number of benzene rings is 2. The van der Waals surface area contributed by atoms with Crippen LogP contribution in [-0.4, -0.2) is 21.1 Å². The fraction of sp³-hybridized carbons (Fsp3) is 0.0500. The Morgan fingerprint density at radius 3 is 2.48 bits per heavy atom. The van der Waals surface area contributed by atoms with E-state index in [-0.39, 0.29) is 11.9 Å². The molecule has 1 unspecified atom stereocenters. The molecular weight excluding hydrogens is 312 g/mol. The number of rotatable bonds is 4.